The van der Waals surface area contributed by atoms with Crippen molar-refractivity contribution >= 4 is 5.91 Å². The molecule has 0 aromatic rings. The van der Waals surface area contributed by atoms with Gasteiger partial charge in [0.2, 0.25) is 5.91 Å². The van der Waals surface area contributed by atoms with Crippen molar-refractivity contribution in [2.45, 2.75) is 180 Å². The van der Waals surface area contributed by atoms with Crippen molar-refractivity contribution in [2.75, 3.05) is 6.61 Å². The summed E-state index contributed by atoms with van der Waals surface area (Å²) in [6.07, 6.45) is 33.0. The van der Waals surface area contributed by atoms with Crippen molar-refractivity contribution in [3.8, 4) is 0 Å². The second-order valence-electron chi connectivity index (χ2n) is 11.4. The summed E-state index contributed by atoms with van der Waals surface area (Å²) >= 11 is 0. The fraction of sp³-hybridized carbons (Fsp3) is 0.853. The topological polar surface area (TPSA) is 89.8 Å². The van der Waals surface area contributed by atoms with Gasteiger partial charge < -0.3 is 20.6 Å². The lowest BCUT2D eigenvalue weighted by atomic mass is 10.0. The largest absolute Gasteiger partial charge is 0.394 e. The van der Waals surface area contributed by atoms with Gasteiger partial charge >= 0.3 is 0 Å². The second-order valence-corrected chi connectivity index (χ2v) is 11.4. The number of amides is 1. The SMILES string of the molecule is CCCCCCCCCC/C=C/CC/C=C/C(O)C(CO)NC(=O)CC(O)CCCCCCCCCCCC. The van der Waals surface area contributed by atoms with Crippen molar-refractivity contribution in [1.29, 1.82) is 0 Å². The monoisotopic (exact) mass is 551 g/mol. The van der Waals surface area contributed by atoms with Crippen LogP contribution < -0.4 is 5.32 Å². The number of hydrogen-bond acceptors (Lipinski definition) is 4. The van der Waals surface area contributed by atoms with E-state index >= 15 is 0 Å². The Labute approximate surface area is 241 Å². The zero-order valence-corrected chi connectivity index (χ0v) is 25.8. The van der Waals surface area contributed by atoms with E-state index < -0.39 is 18.2 Å². The number of rotatable bonds is 29. The molecule has 5 nitrogen and oxygen atoms in total. The maximum Gasteiger partial charge on any atom is 0.222 e. The molecule has 3 atom stereocenters. The first kappa shape index (κ1) is 37.8. The van der Waals surface area contributed by atoms with E-state index in [0.29, 0.717) is 6.42 Å². The first-order valence-corrected chi connectivity index (χ1v) is 16.6. The van der Waals surface area contributed by atoms with Crippen LogP contribution in [0.5, 0.6) is 0 Å². The minimum absolute atomic E-state index is 0.00795. The number of aliphatic hydroxyl groups is 3. The normalized spacial score (nSPS) is 14.3. The van der Waals surface area contributed by atoms with Crippen LogP contribution in [0.25, 0.3) is 0 Å². The fourth-order valence-corrected chi connectivity index (χ4v) is 4.88. The van der Waals surface area contributed by atoms with E-state index in [4.69, 9.17) is 0 Å². The van der Waals surface area contributed by atoms with Crippen LogP contribution in [0.4, 0.5) is 0 Å². The summed E-state index contributed by atoms with van der Waals surface area (Å²) in [6.45, 7) is 4.15. The molecule has 0 fully saturated rings. The summed E-state index contributed by atoms with van der Waals surface area (Å²) in [7, 11) is 0. The van der Waals surface area contributed by atoms with E-state index in [1.54, 1.807) is 6.08 Å². The van der Waals surface area contributed by atoms with Crippen molar-refractivity contribution in [3.05, 3.63) is 24.3 Å². The third-order valence-electron chi connectivity index (χ3n) is 7.49. The van der Waals surface area contributed by atoms with E-state index in [1.165, 1.54) is 103 Å². The second kappa shape index (κ2) is 29.8. The van der Waals surface area contributed by atoms with Gasteiger partial charge in [-0.25, -0.2) is 0 Å². The number of hydrogen-bond donors (Lipinski definition) is 4. The summed E-state index contributed by atoms with van der Waals surface area (Å²) in [4.78, 5) is 12.3. The van der Waals surface area contributed by atoms with Crippen LogP contribution in [-0.4, -0.2) is 46.1 Å². The lowest BCUT2D eigenvalue weighted by Crippen LogP contribution is -2.45. The van der Waals surface area contributed by atoms with Gasteiger partial charge in [0.05, 0.1) is 31.3 Å². The Morgan fingerprint density at radius 2 is 1.10 bits per heavy atom. The molecule has 0 aliphatic carbocycles. The summed E-state index contributed by atoms with van der Waals surface area (Å²) < 4.78 is 0. The quantitative estimate of drug-likeness (QED) is 0.0556. The molecule has 0 aliphatic rings. The molecule has 4 N–H and O–H groups in total. The van der Waals surface area contributed by atoms with Crippen molar-refractivity contribution < 1.29 is 20.1 Å². The highest BCUT2D eigenvalue weighted by molar-refractivity contribution is 5.76. The molecule has 0 aromatic heterocycles. The van der Waals surface area contributed by atoms with E-state index in [-0.39, 0.29) is 18.9 Å². The van der Waals surface area contributed by atoms with Gasteiger partial charge in [-0.05, 0) is 32.1 Å². The van der Waals surface area contributed by atoms with Gasteiger partial charge in [-0.3, -0.25) is 4.79 Å². The Hall–Kier alpha value is -1.17. The number of carbonyl (C=O) groups excluding carboxylic acids is 1. The van der Waals surface area contributed by atoms with Gasteiger partial charge in [0.15, 0.2) is 0 Å². The van der Waals surface area contributed by atoms with Crippen LogP contribution in [0.3, 0.4) is 0 Å². The van der Waals surface area contributed by atoms with Crippen LogP contribution in [0.15, 0.2) is 24.3 Å². The zero-order valence-electron chi connectivity index (χ0n) is 25.8. The van der Waals surface area contributed by atoms with Crippen LogP contribution in [0.2, 0.25) is 0 Å². The molecule has 0 aliphatic heterocycles. The van der Waals surface area contributed by atoms with Gasteiger partial charge in [-0.15, -0.1) is 0 Å². The number of allylic oxidation sites excluding steroid dienone is 3. The van der Waals surface area contributed by atoms with E-state index in [1.807, 2.05) is 6.08 Å². The number of nitrogens with one attached hydrogen (secondary N) is 1. The molecule has 0 rings (SSSR count). The molecule has 0 spiro atoms. The molecule has 3 unspecified atom stereocenters. The maximum absolute atomic E-state index is 12.3. The molecule has 0 saturated heterocycles. The average Bonchev–Trinajstić information content (AvgIpc) is 2.92. The maximum atomic E-state index is 12.3. The minimum atomic E-state index is -0.945. The molecule has 0 aromatic carbocycles. The van der Waals surface area contributed by atoms with Gasteiger partial charge in [-0.1, -0.05) is 147 Å². The highest BCUT2D eigenvalue weighted by atomic mass is 16.3. The van der Waals surface area contributed by atoms with Gasteiger partial charge in [0.25, 0.3) is 0 Å². The van der Waals surface area contributed by atoms with Crippen molar-refractivity contribution in [3.63, 3.8) is 0 Å². The summed E-state index contributed by atoms with van der Waals surface area (Å²) in [6, 6.07) is -0.754. The predicted octanol–water partition coefficient (Wildman–Crippen LogP) is 8.31. The summed E-state index contributed by atoms with van der Waals surface area (Å²) in [5.74, 6) is -0.329. The molecule has 1 amide bonds. The summed E-state index contributed by atoms with van der Waals surface area (Å²) in [5.41, 5.74) is 0. The van der Waals surface area contributed by atoms with Crippen LogP contribution in [0.1, 0.15) is 162 Å². The third-order valence-corrected chi connectivity index (χ3v) is 7.49. The van der Waals surface area contributed by atoms with Gasteiger partial charge in [0.1, 0.15) is 0 Å². The smallest absolute Gasteiger partial charge is 0.222 e. The zero-order chi connectivity index (χ0) is 28.8. The van der Waals surface area contributed by atoms with E-state index in [9.17, 15) is 20.1 Å². The Bertz CT molecular complexity index is 578. The van der Waals surface area contributed by atoms with Gasteiger partial charge in [-0.2, -0.15) is 0 Å². The molecule has 0 saturated carbocycles. The standard InChI is InChI=1S/C34H65NO4/c1-3-5-7-9-11-13-15-16-17-18-20-22-24-26-28-33(38)32(30-36)35-34(39)29-31(37)27-25-23-21-19-14-12-10-8-6-4-2/h18,20,26,28,31-33,36-38H,3-17,19,21-25,27,29-30H2,1-2H3,(H,35,39)/b20-18+,28-26+. The Kier molecular flexibility index (Phi) is 28.9. The highest BCUT2D eigenvalue weighted by Gasteiger charge is 2.20. The van der Waals surface area contributed by atoms with Crippen LogP contribution in [0, 0.1) is 0 Å². The van der Waals surface area contributed by atoms with E-state index in [0.717, 1.165) is 32.1 Å². The first-order chi connectivity index (χ1) is 19.0. The first-order valence-electron chi connectivity index (χ1n) is 16.6. The number of unbranched alkanes of at least 4 members (excludes halogenated alkanes) is 18. The lowest BCUT2D eigenvalue weighted by molar-refractivity contribution is -0.124. The Morgan fingerprint density at radius 3 is 1.64 bits per heavy atom. The molecular formula is C34H65NO4. The molecule has 230 valence electrons. The summed E-state index contributed by atoms with van der Waals surface area (Å²) in [5, 5.41) is 32.8. The molecule has 0 heterocycles. The van der Waals surface area contributed by atoms with Gasteiger partial charge in [0, 0.05) is 0 Å². The van der Waals surface area contributed by atoms with Crippen LogP contribution in [-0.2, 0) is 4.79 Å². The molecular weight excluding hydrogens is 486 g/mol. The number of aliphatic hydroxyl groups excluding tert-OH is 3. The van der Waals surface area contributed by atoms with Crippen LogP contribution >= 0.6 is 0 Å². The average molecular weight is 552 g/mol. The predicted molar refractivity (Wildman–Crippen MR) is 167 cm³/mol. The van der Waals surface area contributed by atoms with Crippen molar-refractivity contribution in [1.82, 2.24) is 5.32 Å². The minimum Gasteiger partial charge on any atom is -0.394 e. The number of carbonyl (C=O) groups is 1. The van der Waals surface area contributed by atoms with Crippen molar-refractivity contribution in [2.24, 2.45) is 0 Å². The fourth-order valence-electron chi connectivity index (χ4n) is 4.88. The third kappa shape index (κ3) is 26.8. The van der Waals surface area contributed by atoms with E-state index in [2.05, 4.69) is 31.3 Å². The molecule has 39 heavy (non-hydrogen) atoms. The molecule has 0 radical (unpaired) electrons. The molecule has 0 bridgehead atoms. The Morgan fingerprint density at radius 1 is 0.641 bits per heavy atom. The lowest BCUT2D eigenvalue weighted by Gasteiger charge is -2.21. The molecule has 5 heteroatoms. The highest BCUT2D eigenvalue weighted by Crippen LogP contribution is 2.13. The Balaban J connectivity index is 3.84.